The SMILES string of the molecule is COC1C=NC=C(C)C1. The highest BCUT2D eigenvalue weighted by molar-refractivity contribution is 5.65. The van der Waals surface area contributed by atoms with E-state index < -0.39 is 0 Å². The van der Waals surface area contributed by atoms with Gasteiger partial charge in [0.1, 0.15) is 0 Å². The number of rotatable bonds is 1. The summed E-state index contributed by atoms with van der Waals surface area (Å²) in [5.41, 5.74) is 1.28. The Bertz CT molecular complexity index is 149. The van der Waals surface area contributed by atoms with Gasteiger partial charge in [-0.2, -0.15) is 0 Å². The molecular weight excluding hydrogens is 114 g/mol. The molecule has 1 unspecified atom stereocenters. The second kappa shape index (κ2) is 2.78. The van der Waals surface area contributed by atoms with E-state index in [2.05, 4.69) is 11.9 Å². The molecule has 1 aliphatic heterocycles. The second-order valence-corrected chi connectivity index (χ2v) is 2.25. The van der Waals surface area contributed by atoms with Gasteiger partial charge >= 0.3 is 0 Å². The van der Waals surface area contributed by atoms with Crippen LogP contribution in [-0.4, -0.2) is 19.4 Å². The Hall–Kier alpha value is -0.630. The van der Waals surface area contributed by atoms with Crippen molar-refractivity contribution in [1.29, 1.82) is 0 Å². The molecule has 1 heterocycles. The van der Waals surface area contributed by atoms with Crippen LogP contribution in [-0.2, 0) is 4.74 Å². The maximum Gasteiger partial charge on any atom is 0.0959 e. The highest BCUT2D eigenvalue weighted by atomic mass is 16.5. The Morgan fingerprint density at radius 3 is 3.00 bits per heavy atom. The first-order valence-electron chi connectivity index (χ1n) is 3.04. The minimum atomic E-state index is 0.204. The molecule has 0 aromatic heterocycles. The van der Waals surface area contributed by atoms with Crippen molar-refractivity contribution in [3.8, 4) is 0 Å². The van der Waals surface area contributed by atoms with Crippen molar-refractivity contribution < 1.29 is 4.74 Å². The van der Waals surface area contributed by atoms with Crippen LogP contribution in [0.15, 0.2) is 16.8 Å². The monoisotopic (exact) mass is 125 g/mol. The van der Waals surface area contributed by atoms with Crippen molar-refractivity contribution in [2.75, 3.05) is 7.11 Å². The normalized spacial score (nSPS) is 26.0. The first-order valence-corrected chi connectivity index (χ1v) is 3.04. The number of hydrogen-bond donors (Lipinski definition) is 0. The lowest BCUT2D eigenvalue weighted by Gasteiger charge is -2.12. The fraction of sp³-hybridized carbons (Fsp3) is 0.571. The van der Waals surface area contributed by atoms with E-state index in [1.165, 1.54) is 5.57 Å². The Morgan fingerprint density at radius 1 is 1.78 bits per heavy atom. The fourth-order valence-electron chi connectivity index (χ4n) is 0.833. The van der Waals surface area contributed by atoms with Gasteiger partial charge in [0.15, 0.2) is 0 Å². The standard InChI is InChI=1S/C7H11NO/c1-6-3-7(9-2)5-8-4-6/h4-5,7H,3H2,1-2H3. The van der Waals surface area contributed by atoms with Gasteiger partial charge < -0.3 is 4.74 Å². The highest BCUT2D eigenvalue weighted by Crippen LogP contribution is 2.09. The molecule has 2 heteroatoms. The molecule has 0 bridgehead atoms. The lowest BCUT2D eigenvalue weighted by atomic mass is 10.1. The third-order valence-corrected chi connectivity index (χ3v) is 1.37. The quantitative estimate of drug-likeness (QED) is 0.518. The molecule has 1 aliphatic rings. The van der Waals surface area contributed by atoms with E-state index in [9.17, 15) is 0 Å². The van der Waals surface area contributed by atoms with Crippen molar-refractivity contribution in [2.45, 2.75) is 19.4 Å². The summed E-state index contributed by atoms with van der Waals surface area (Å²) < 4.78 is 5.07. The third kappa shape index (κ3) is 1.64. The Labute approximate surface area is 55.2 Å². The predicted molar refractivity (Wildman–Crippen MR) is 37.7 cm³/mol. The smallest absolute Gasteiger partial charge is 0.0959 e. The van der Waals surface area contributed by atoms with Crippen LogP contribution in [0.5, 0.6) is 0 Å². The summed E-state index contributed by atoms with van der Waals surface area (Å²) >= 11 is 0. The predicted octanol–water partition coefficient (Wildman–Crippen LogP) is 1.38. The molecule has 1 rings (SSSR count). The summed E-state index contributed by atoms with van der Waals surface area (Å²) in [5, 5.41) is 0. The van der Waals surface area contributed by atoms with E-state index in [0.29, 0.717) is 0 Å². The topological polar surface area (TPSA) is 21.6 Å². The van der Waals surface area contributed by atoms with Gasteiger partial charge in [0.2, 0.25) is 0 Å². The summed E-state index contributed by atoms with van der Waals surface area (Å²) in [5.74, 6) is 0. The van der Waals surface area contributed by atoms with Gasteiger partial charge in [-0.25, -0.2) is 0 Å². The average Bonchev–Trinajstić information content (AvgIpc) is 1.88. The van der Waals surface area contributed by atoms with Crippen molar-refractivity contribution in [3.63, 3.8) is 0 Å². The molecule has 0 spiro atoms. The molecule has 0 amide bonds. The molecule has 9 heavy (non-hydrogen) atoms. The number of methoxy groups -OCH3 is 1. The van der Waals surface area contributed by atoms with Crippen LogP contribution in [0.4, 0.5) is 0 Å². The van der Waals surface area contributed by atoms with E-state index >= 15 is 0 Å². The number of ether oxygens (including phenoxy) is 1. The van der Waals surface area contributed by atoms with E-state index in [-0.39, 0.29) is 6.10 Å². The van der Waals surface area contributed by atoms with E-state index in [4.69, 9.17) is 4.74 Å². The van der Waals surface area contributed by atoms with E-state index in [1.807, 2.05) is 12.4 Å². The lowest BCUT2D eigenvalue weighted by molar-refractivity contribution is 0.158. The maximum absolute atomic E-state index is 5.07. The van der Waals surface area contributed by atoms with Crippen molar-refractivity contribution in [2.24, 2.45) is 4.99 Å². The molecule has 50 valence electrons. The molecule has 0 N–H and O–H groups in total. The third-order valence-electron chi connectivity index (χ3n) is 1.37. The van der Waals surface area contributed by atoms with Gasteiger partial charge in [0, 0.05) is 25.9 Å². The zero-order valence-electron chi connectivity index (χ0n) is 5.79. The van der Waals surface area contributed by atoms with Crippen molar-refractivity contribution in [1.82, 2.24) is 0 Å². The fourth-order valence-corrected chi connectivity index (χ4v) is 0.833. The zero-order valence-corrected chi connectivity index (χ0v) is 5.79. The van der Waals surface area contributed by atoms with Crippen molar-refractivity contribution >= 4 is 6.21 Å². The number of hydrogen-bond acceptors (Lipinski definition) is 2. The summed E-state index contributed by atoms with van der Waals surface area (Å²) in [7, 11) is 1.70. The molecule has 0 aromatic carbocycles. The van der Waals surface area contributed by atoms with Crippen LogP contribution in [0, 0.1) is 0 Å². The first kappa shape index (κ1) is 6.49. The van der Waals surface area contributed by atoms with E-state index in [1.54, 1.807) is 7.11 Å². The number of aliphatic imine (C=N–C) groups is 1. The number of nitrogens with zero attached hydrogens (tertiary/aromatic N) is 1. The minimum Gasteiger partial charge on any atom is -0.375 e. The second-order valence-electron chi connectivity index (χ2n) is 2.25. The minimum absolute atomic E-state index is 0.204. The van der Waals surface area contributed by atoms with Gasteiger partial charge in [-0.15, -0.1) is 0 Å². The van der Waals surface area contributed by atoms with Crippen LogP contribution >= 0.6 is 0 Å². The molecule has 1 atom stereocenters. The average molecular weight is 125 g/mol. The van der Waals surface area contributed by atoms with Gasteiger partial charge in [0.05, 0.1) is 6.10 Å². The Morgan fingerprint density at radius 2 is 2.56 bits per heavy atom. The maximum atomic E-state index is 5.07. The molecular formula is C7H11NO. The first-order chi connectivity index (χ1) is 4.33. The Kier molecular flexibility index (Phi) is 2.01. The molecule has 0 saturated carbocycles. The summed E-state index contributed by atoms with van der Waals surface area (Å²) in [6.07, 6.45) is 4.89. The van der Waals surface area contributed by atoms with Crippen LogP contribution in [0.3, 0.4) is 0 Å². The van der Waals surface area contributed by atoms with Gasteiger partial charge in [-0.05, 0) is 6.92 Å². The summed E-state index contributed by atoms with van der Waals surface area (Å²) in [6.45, 7) is 2.06. The van der Waals surface area contributed by atoms with E-state index in [0.717, 1.165) is 6.42 Å². The molecule has 0 aliphatic carbocycles. The zero-order chi connectivity index (χ0) is 6.69. The molecule has 0 saturated heterocycles. The van der Waals surface area contributed by atoms with Crippen LogP contribution < -0.4 is 0 Å². The van der Waals surface area contributed by atoms with Gasteiger partial charge in [-0.3, -0.25) is 4.99 Å². The summed E-state index contributed by atoms with van der Waals surface area (Å²) in [6, 6.07) is 0. The van der Waals surface area contributed by atoms with Crippen LogP contribution in [0.25, 0.3) is 0 Å². The molecule has 0 fully saturated rings. The van der Waals surface area contributed by atoms with Crippen molar-refractivity contribution in [3.05, 3.63) is 11.8 Å². The van der Waals surface area contributed by atoms with Gasteiger partial charge in [-0.1, -0.05) is 5.57 Å². The van der Waals surface area contributed by atoms with Gasteiger partial charge in [0.25, 0.3) is 0 Å². The Balaban J connectivity index is 2.51. The summed E-state index contributed by atoms with van der Waals surface area (Å²) in [4.78, 5) is 4.00. The van der Waals surface area contributed by atoms with Crippen LogP contribution in [0.2, 0.25) is 0 Å². The molecule has 0 radical (unpaired) electrons. The molecule has 0 aromatic rings. The molecule has 2 nitrogen and oxygen atoms in total. The van der Waals surface area contributed by atoms with Crippen LogP contribution in [0.1, 0.15) is 13.3 Å². The lowest BCUT2D eigenvalue weighted by Crippen LogP contribution is -2.14. The largest absolute Gasteiger partial charge is 0.375 e. The highest BCUT2D eigenvalue weighted by Gasteiger charge is 2.06.